The molecule has 1 aromatic heterocycles. The minimum atomic E-state index is -0.521. The number of halogens is 1. The van der Waals surface area contributed by atoms with Crippen molar-refractivity contribution in [3.8, 4) is 11.4 Å². The van der Waals surface area contributed by atoms with Gasteiger partial charge in [0.15, 0.2) is 11.0 Å². The smallest absolute Gasteiger partial charge is 0.324 e. The van der Waals surface area contributed by atoms with Crippen molar-refractivity contribution in [3.63, 3.8) is 0 Å². The summed E-state index contributed by atoms with van der Waals surface area (Å²) in [6.07, 6.45) is 0. The van der Waals surface area contributed by atoms with E-state index in [0.717, 1.165) is 5.69 Å². The molecule has 3 amide bonds. The maximum Gasteiger partial charge on any atom is 0.324 e. The minimum Gasteiger partial charge on any atom is -0.484 e. The van der Waals surface area contributed by atoms with Gasteiger partial charge in [0, 0.05) is 18.8 Å². The Morgan fingerprint density at radius 1 is 1.19 bits per heavy atom. The summed E-state index contributed by atoms with van der Waals surface area (Å²) in [7, 11) is 0. The number of rotatable bonds is 7. The molecule has 4 rings (SSSR count). The van der Waals surface area contributed by atoms with E-state index in [2.05, 4.69) is 15.5 Å². The molecule has 1 saturated heterocycles. The quantitative estimate of drug-likeness (QED) is 0.546. The molecule has 0 saturated carbocycles. The van der Waals surface area contributed by atoms with Crippen LogP contribution in [0.4, 0.5) is 4.79 Å². The molecule has 1 atom stereocenters. The van der Waals surface area contributed by atoms with Gasteiger partial charge in [-0.05, 0) is 31.2 Å². The zero-order valence-corrected chi connectivity index (χ0v) is 18.3. The summed E-state index contributed by atoms with van der Waals surface area (Å²) in [5.74, 6) is 0.841. The molecule has 1 fully saturated rings. The number of urea groups is 1. The van der Waals surface area contributed by atoms with Crippen LogP contribution in [0.25, 0.3) is 5.69 Å². The number of thioether (sulfide) groups is 1. The Morgan fingerprint density at radius 2 is 1.94 bits per heavy atom. The number of hydrogen-bond acceptors (Lipinski definition) is 6. The lowest BCUT2D eigenvalue weighted by molar-refractivity contribution is -0.126. The zero-order valence-electron chi connectivity index (χ0n) is 16.7. The van der Waals surface area contributed by atoms with Crippen LogP contribution < -0.4 is 10.1 Å². The van der Waals surface area contributed by atoms with E-state index in [4.69, 9.17) is 16.3 Å². The van der Waals surface area contributed by atoms with Gasteiger partial charge in [0.2, 0.25) is 5.91 Å². The number of amides is 3. The van der Waals surface area contributed by atoms with Crippen molar-refractivity contribution in [1.82, 2.24) is 25.0 Å². The van der Waals surface area contributed by atoms with Crippen molar-refractivity contribution >= 4 is 35.3 Å². The first kappa shape index (κ1) is 21.2. The Bertz CT molecular complexity index is 1090. The molecule has 1 unspecified atom stereocenters. The molecule has 2 heterocycles. The number of nitrogens with one attached hydrogen (secondary N) is 1. The maximum absolute atomic E-state index is 12.7. The molecule has 0 aliphatic carbocycles. The number of aromatic nitrogens is 3. The van der Waals surface area contributed by atoms with Crippen LogP contribution >= 0.6 is 23.4 Å². The van der Waals surface area contributed by atoms with E-state index >= 15 is 0 Å². The predicted octanol–water partition coefficient (Wildman–Crippen LogP) is 3.53. The van der Waals surface area contributed by atoms with Crippen LogP contribution in [0, 0.1) is 0 Å². The Balaban J connectivity index is 1.58. The fraction of sp³-hybridized carbons (Fsp3) is 0.238. The number of carbonyl (C=O) groups is 2. The number of nitrogens with zero attached hydrogens (tertiary/aromatic N) is 4. The highest BCUT2D eigenvalue weighted by Crippen LogP contribution is 2.29. The topological polar surface area (TPSA) is 89.3 Å². The zero-order chi connectivity index (χ0) is 21.8. The van der Waals surface area contributed by atoms with E-state index in [0.29, 0.717) is 34.8 Å². The second kappa shape index (κ2) is 9.40. The molecule has 1 aliphatic heterocycles. The van der Waals surface area contributed by atoms with Gasteiger partial charge in [-0.2, -0.15) is 0 Å². The second-order valence-electron chi connectivity index (χ2n) is 6.77. The summed E-state index contributed by atoms with van der Waals surface area (Å²) in [6, 6.07) is 16.4. The Hall–Kier alpha value is -3.04. The standard InChI is InChI=1S/C21H20ClN5O3S/c1-14(19(28)26-12-11-23-20(26)29)31-21-25-24-18(27(21)15-7-3-2-4-8-15)13-30-17-10-6-5-9-16(17)22/h2-10,14H,11-13H2,1H3,(H,23,29). The van der Waals surface area contributed by atoms with E-state index in [1.807, 2.05) is 47.0 Å². The lowest BCUT2D eigenvalue weighted by Crippen LogP contribution is -2.39. The monoisotopic (exact) mass is 457 g/mol. The largest absolute Gasteiger partial charge is 0.484 e. The van der Waals surface area contributed by atoms with Crippen molar-refractivity contribution in [1.29, 1.82) is 0 Å². The average molecular weight is 458 g/mol. The number of carbonyl (C=O) groups excluding carboxylic acids is 2. The molecule has 0 radical (unpaired) electrons. The third-order valence-electron chi connectivity index (χ3n) is 4.66. The van der Waals surface area contributed by atoms with Gasteiger partial charge in [0.05, 0.1) is 10.3 Å². The molecule has 0 bridgehead atoms. The summed E-state index contributed by atoms with van der Waals surface area (Å²) in [5.41, 5.74) is 0.839. The van der Waals surface area contributed by atoms with Crippen molar-refractivity contribution in [2.75, 3.05) is 13.1 Å². The molecule has 10 heteroatoms. The first-order chi connectivity index (χ1) is 15.0. The molecule has 2 aromatic carbocycles. The Morgan fingerprint density at radius 3 is 2.65 bits per heavy atom. The van der Waals surface area contributed by atoms with E-state index in [1.54, 1.807) is 19.1 Å². The third kappa shape index (κ3) is 4.67. The molecular formula is C21H20ClN5O3S. The molecule has 31 heavy (non-hydrogen) atoms. The summed E-state index contributed by atoms with van der Waals surface area (Å²) in [5, 5.41) is 11.7. The van der Waals surface area contributed by atoms with Gasteiger partial charge >= 0.3 is 6.03 Å². The number of para-hydroxylation sites is 2. The van der Waals surface area contributed by atoms with Crippen molar-refractivity contribution < 1.29 is 14.3 Å². The summed E-state index contributed by atoms with van der Waals surface area (Å²) >= 11 is 7.43. The first-order valence-electron chi connectivity index (χ1n) is 9.67. The highest BCUT2D eigenvalue weighted by Gasteiger charge is 2.31. The number of imide groups is 1. The number of ether oxygens (including phenoxy) is 1. The van der Waals surface area contributed by atoms with Crippen LogP contribution in [0.3, 0.4) is 0 Å². The predicted molar refractivity (Wildman–Crippen MR) is 118 cm³/mol. The van der Waals surface area contributed by atoms with Gasteiger partial charge in [-0.15, -0.1) is 10.2 Å². The molecule has 0 spiro atoms. The molecule has 8 nitrogen and oxygen atoms in total. The van der Waals surface area contributed by atoms with Crippen LogP contribution in [-0.4, -0.2) is 49.9 Å². The first-order valence-corrected chi connectivity index (χ1v) is 10.9. The van der Waals surface area contributed by atoms with E-state index in [9.17, 15) is 9.59 Å². The van der Waals surface area contributed by atoms with Gasteiger partial charge in [0.1, 0.15) is 12.4 Å². The Labute approximate surface area is 188 Å². The SMILES string of the molecule is CC(Sc1nnc(COc2ccccc2Cl)n1-c1ccccc1)C(=O)N1CCNC1=O. The molecule has 1 aliphatic rings. The molecule has 1 N–H and O–H groups in total. The van der Waals surface area contributed by atoms with Crippen LogP contribution in [0.1, 0.15) is 12.7 Å². The Kier molecular flexibility index (Phi) is 6.43. The third-order valence-corrected chi connectivity index (χ3v) is 6.00. The maximum atomic E-state index is 12.7. The van der Waals surface area contributed by atoms with Crippen LogP contribution in [0.2, 0.25) is 5.02 Å². The number of benzene rings is 2. The summed E-state index contributed by atoms with van der Waals surface area (Å²) in [6.45, 7) is 2.72. The fourth-order valence-corrected chi connectivity index (χ4v) is 4.26. The molecule has 160 valence electrons. The van der Waals surface area contributed by atoms with Gasteiger partial charge in [-0.1, -0.05) is 53.7 Å². The van der Waals surface area contributed by atoms with Gasteiger partial charge in [-0.3, -0.25) is 14.3 Å². The molecule has 3 aromatic rings. The van der Waals surface area contributed by atoms with Crippen molar-refractivity contribution in [2.45, 2.75) is 23.9 Å². The highest BCUT2D eigenvalue weighted by atomic mass is 35.5. The highest BCUT2D eigenvalue weighted by molar-refractivity contribution is 8.00. The van der Waals surface area contributed by atoms with Crippen LogP contribution in [-0.2, 0) is 11.4 Å². The lowest BCUT2D eigenvalue weighted by Gasteiger charge is -2.17. The summed E-state index contributed by atoms with van der Waals surface area (Å²) < 4.78 is 7.70. The average Bonchev–Trinajstić information content (AvgIpc) is 3.39. The van der Waals surface area contributed by atoms with E-state index in [-0.39, 0.29) is 18.5 Å². The normalized spacial score (nSPS) is 14.4. The van der Waals surface area contributed by atoms with Gasteiger partial charge < -0.3 is 10.1 Å². The fourth-order valence-electron chi connectivity index (χ4n) is 3.12. The van der Waals surface area contributed by atoms with E-state index in [1.165, 1.54) is 16.7 Å². The van der Waals surface area contributed by atoms with Gasteiger partial charge in [-0.25, -0.2) is 4.79 Å². The second-order valence-corrected chi connectivity index (χ2v) is 8.49. The van der Waals surface area contributed by atoms with Crippen molar-refractivity contribution in [3.05, 3.63) is 65.4 Å². The van der Waals surface area contributed by atoms with Crippen LogP contribution in [0.5, 0.6) is 5.75 Å². The van der Waals surface area contributed by atoms with E-state index < -0.39 is 5.25 Å². The minimum absolute atomic E-state index is 0.142. The number of hydrogen-bond donors (Lipinski definition) is 1. The van der Waals surface area contributed by atoms with Crippen LogP contribution in [0.15, 0.2) is 59.8 Å². The van der Waals surface area contributed by atoms with Crippen molar-refractivity contribution in [2.24, 2.45) is 0 Å². The lowest BCUT2D eigenvalue weighted by atomic mass is 10.3. The summed E-state index contributed by atoms with van der Waals surface area (Å²) in [4.78, 5) is 25.8. The molecular weight excluding hydrogens is 438 g/mol. The van der Waals surface area contributed by atoms with Gasteiger partial charge in [0.25, 0.3) is 0 Å².